The Kier molecular flexibility index (Phi) is 4.64. The van der Waals surface area contributed by atoms with E-state index in [4.69, 9.17) is 4.74 Å². The largest absolute Gasteiger partial charge is 0.494 e. The predicted molar refractivity (Wildman–Crippen MR) is 76.4 cm³/mol. The van der Waals surface area contributed by atoms with Crippen LogP contribution in [0.2, 0.25) is 0 Å². The van der Waals surface area contributed by atoms with Crippen molar-refractivity contribution >= 4 is 5.69 Å². The van der Waals surface area contributed by atoms with Gasteiger partial charge in [0.2, 0.25) is 0 Å². The van der Waals surface area contributed by atoms with E-state index in [9.17, 15) is 4.39 Å². The number of nitrogens with one attached hydrogen (secondary N) is 1. The molecule has 1 aromatic rings. The Labute approximate surface area is 114 Å². The lowest BCUT2D eigenvalue weighted by Crippen LogP contribution is -2.30. The van der Waals surface area contributed by atoms with E-state index in [0.29, 0.717) is 17.7 Å². The molecule has 2 rings (SSSR count). The molecule has 19 heavy (non-hydrogen) atoms. The van der Waals surface area contributed by atoms with E-state index in [1.165, 1.54) is 18.6 Å². The van der Waals surface area contributed by atoms with Crippen molar-refractivity contribution in [1.82, 2.24) is 5.32 Å². The first-order valence-corrected chi connectivity index (χ1v) is 6.92. The smallest absolute Gasteiger partial charge is 0.145 e. The van der Waals surface area contributed by atoms with Gasteiger partial charge in [0, 0.05) is 25.2 Å². The van der Waals surface area contributed by atoms with Crippen molar-refractivity contribution in [1.29, 1.82) is 0 Å². The van der Waals surface area contributed by atoms with Crippen molar-refractivity contribution in [2.45, 2.75) is 26.3 Å². The van der Waals surface area contributed by atoms with Gasteiger partial charge in [-0.1, -0.05) is 13.8 Å². The third-order valence-corrected chi connectivity index (χ3v) is 3.58. The van der Waals surface area contributed by atoms with Gasteiger partial charge in [0.25, 0.3) is 0 Å². The van der Waals surface area contributed by atoms with Crippen LogP contribution in [0.5, 0.6) is 5.75 Å². The van der Waals surface area contributed by atoms with Crippen LogP contribution in [0.4, 0.5) is 10.1 Å². The van der Waals surface area contributed by atoms with E-state index < -0.39 is 0 Å². The molecule has 1 N–H and O–H groups in total. The minimum Gasteiger partial charge on any atom is -0.494 e. The Bertz CT molecular complexity index is 423. The molecular weight excluding hydrogens is 243 g/mol. The molecule has 106 valence electrons. The minimum atomic E-state index is -0.252. The predicted octanol–water partition coefficient (Wildman–Crippen LogP) is 2.66. The van der Waals surface area contributed by atoms with Crippen molar-refractivity contribution in [3.05, 3.63) is 24.0 Å². The fraction of sp³-hybridized carbons (Fsp3) is 0.600. The van der Waals surface area contributed by atoms with Crippen LogP contribution in [0.15, 0.2) is 18.2 Å². The molecule has 0 radical (unpaired) electrons. The number of nitrogens with zero attached hydrogens (tertiary/aromatic N) is 1. The molecule has 4 heteroatoms. The summed E-state index contributed by atoms with van der Waals surface area (Å²) in [6, 6.07) is 5.29. The molecule has 0 aliphatic carbocycles. The van der Waals surface area contributed by atoms with Gasteiger partial charge in [-0.15, -0.1) is 0 Å². The summed E-state index contributed by atoms with van der Waals surface area (Å²) in [6.07, 6.45) is 1.17. The van der Waals surface area contributed by atoms with E-state index >= 15 is 0 Å². The SMILES string of the molecule is COc1cc(F)ccc1N1CCC(CNC(C)C)C1. The standard InChI is InChI=1S/C15H23FN2O/c1-11(2)17-9-12-6-7-18(10-12)14-5-4-13(16)8-15(14)19-3/h4-5,8,11-12,17H,6-7,9-10H2,1-3H3. The van der Waals surface area contributed by atoms with Crippen LogP contribution in [0.25, 0.3) is 0 Å². The number of halogens is 1. The van der Waals surface area contributed by atoms with Gasteiger partial charge < -0.3 is 15.0 Å². The summed E-state index contributed by atoms with van der Waals surface area (Å²) in [5.74, 6) is 1.02. The van der Waals surface area contributed by atoms with Crippen molar-refractivity contribution in [2.24, 2.45) is 5.92 Å². The first-order valence-electron chi connectivity index (χ1n) is 6.92. The first-order chi connectivity index (χ1) is 9.10. The third kappa shape index (κ3) is 3.60. The maximum Gasteiger partial charge on any atom is 0.145 e. The summed E-state index contributed by atoms with van der Waals surface area (Å²) < 4.78 is 18.5. The molecule has 1 aromatic carbocycles. The Morgan fingerprint density at radius 3 is 2.95 bits per heavy atom. The molecule has 1 heterocycles. The zero-order valence-corrected chi connectivity index (χ0v) is 11.9. The molecule has 1 aliphatic rings. The van der Waals surface area contributed by atoms with Crippen LogP contribution in [0, 0.1) is 11.7 Å². The summed E-state index contributed by atoms with van der Waals surface area (Å²) in [6.45, 7) is 7.37. The summed E-state index contributed by atoms with van der Waals surface area (Å²) in [5, 5.41) is 3.48. The molecule has 0 spiro atoms. The molecule has 0 saturated carbocycles. The Morgan fingerprint density at radius 2 is 2.26 bits per heavy atom. The topological polar surface area (TPSA) is 24.5 Å². The Hall–Kier alpha value is -1.29. The number of hydrogen-bond donors (Lipinski definition) is 1. The van der Waals surface area contributed by atoms with Gasteiger partial charge in [0.05, 0.1) is 12.8 Å². The fourth-order valence-electron chi connectivity index (χ4n) is 2.53. The van der Waals surface area contributed by atoms with Gasteiger partial charge in [-0.25, -0.2) is 4.39 Å². The van der Waals surface area contributed by atoms with Crippen LogP contribution in [0.1, 0.15) is 20.3 Å². The van der Waals surface area contributed by atoms with E-state index in [1.54, 1.807) is 7.11 Å². The van der Waals surface area contributed by atoms with E-state index in [0.717, 1.165) is 25.3 Å². The minimum absolute atomic E-state index is 0.252. The molecule has 1 atom stereocenters. The molecule has 1 unspecified atom stereocenters. The maximum atomic E-state index is 13.2. The average molecular weight is 266 g/mol. The highest BCUT2D eigenvalue weighted by molar-refractivity contribution is 5.59. The van der Waals surface area contributed by atoms with Crippen LogP contribution in [-0.2, 0) is 0 Å². The van der Waals surface area contributed by atoms with Crippen LogP contribution < -0.4 is 15.0 Å². The molecular formula is C15H23FN2O. The number of ether oxygens (including phenoxy) is 1. The average Bonchev–Trinajstić information content (AvgIpc) is 2.84. The normalized spacial score (nSPS) is 19.2. The van der Waals surface area contributed by atoms with Crippen molar-refractivity contribution in [2.75, 3.05) is 31.6 Å². The zero-order chi connectivity index (χ0) is 13.8. The van der Waals surface area contributed by atoms with Crippen molar-refractivity contribution in [3.63, 3.8) is 0 Å². The van der Waals surface area contributed by atoms with Crippen LogP contribution in [-0.4, -0.2) is 32.8 Å². The highest BCUT2D eigenvalue weighted by Gasteiger charge is 2.24. The molecule has 1 aliphatic heterocycles. The number of rotatable bonds is 5. The Balaban J connectivity index is 2.00. The van der Waals surface area contributed by atoms with E-state index in [-0.39, 0.29) is 5.82 Å². The van der Waals surface area contributed by atoms with Gasteiger partial charge in [-0.3, -0.25) is 0 Å². The summed E-state index contributed by atoms with van der Waals surface area (Å²) in [7, 11) is 1.59. The maximum absolute atomic E-state index is 13.2. The molecule has 0 amide bonds. The highest BCUT2D eigenvalue weighted by Crippen LogP contribution is 2.32. The molecule has 0 aromatic heterocycles. The molecule has 1 fully saturated rings. The van der Waals surface area contributed by atoms with Crippen molar-refractivity contribution < 1.29 is 9.13 Å². The van der Waals surface area contributed by atoms with E-state index in [1.807, 2.05) is 6.07 Å². The lowest BCUT2D eigenvalue weighted by atomic mass is 10.1. The first kappa shape index (κ1) is 14.1. The van der Waals surface area contributed by atoms with Gasteiger partial charge in [0.1, 0.15) is 11.6 Å². The molecule has 0 bridgehead atoms. The van der Waals surface area contributed by atoms with Crippen molar-refractivity contribution in [3.8, 4) is 5.75 Å². The molecule has 1 saturated heterocycles. The number of methoxy groups -OCH3 is 1. The van der Waals surface area contributed by atoms with Gasteiger partial charge >= 0.3 is 0 Å². The van der Waals surface area contributed by atoms with Crippen LogP contribution in [0.3, 0.4) is 0 Å². The summed E-state index contributed by atoms with van der Waals surface area (Å²) in [4.78, 5) is 2.28. The van der Waals surface area contributed by atoms with Crippen LogP contribution >= 0.6 is 0 Å². The lowest BCUT2D eigenvalue weighted by molar-refractivity contribution is 0.411. The monoisotopic (exact) mass is 266 g/mol. The lowest BCUT2D eigenvalue weighted by Gasteiger charge is -2.21. The second kappa shape index (κ2) is 6.24. The third-order valence-electron chi connectivity index (χ3n) is 3.58. The second-order valence-electron chi connectivity index (χ2n) is 5.48. The second-order valence-corrected chi connectivity index (χ2v) is 5.48. The number of hydrogen-bond acceptors (Lipinski definition) is 3. The number of benzene rings is 1. The highest BCUT2D eigenvalue weighted by atomic mass is 19.1. The van der Waals surface area contributed by atoms with Gasteiger partial charge in [-0.05, 0) is 31.0 Å². The van der Waals surface area contributed by atoms with Gasteiger partial charge in [-0.2, -0.15) is 0 Å². The zero-order valence-electron chi connectivity index (χ0n) is 11.9. The summed E-state index contributed by atoms with van der Waals surface area (Å²) in [5.41, 5.74) is 0.996. The number of anilines is 1. The van der Waals surface area contributed by atoms with Gasteiger partial charge in [0.15, 0.2) is 0 Å². The summed E-state index contributed by atoms with van der Waals surface area (Å²) >= 11 is 0. The fourth-order valence-corrected chi connectivity index (χ4v) is 2.53. The van der Waals surface area contributed by atoms with E-state index in [2.05, 4.69) is 24.1 Å². The Morgan fingerprint density at radius 1 is 1.47 bits per heavy atom. The molecule has 3 nitrogen and oxygen atoms in total. The quantitative estimate of drug-likeness (QED) is 0.886.